The Kier molecular flexibility index (Phi) is 5.98. The lowest BCUT2D eigenvalue weighted by Crippen LogP contribution is -2.25. The van der Waals surface area contributed by atoms with Gasteiger partial charge in [-0.1, -0.05) is 6.92 Å². The lowest BCUT2D eigenvalue weighted by atomic mass is 10.1. The van der Waals surface area contributed by atoms with E-state index >= 15 is 0 Å². The number of hydrogen-bond donors (Lipinski definition) is 1. The minimum atomic E-state index is -3.67. The summed E-state index contributed by atoms with van der Waals surface area (Å²) in [4.78, 5) is 3.35. The Morgan fingerprint density at radius 3 is 2.83 bits per heavy atom. The fourth-order valence-corrected chi connectivity index (χ4v) is 2.56. The van der Waals surface area contributed by atoms with Crippen molar-refractivity contribution in [2.24, 2.45) is 5.92 Å². The predicted octanol–water partition coefficient (Wildman–Crippen LogP) is 2.15. The van der Waals surface area contributed by atoms with Crippen LogP contribution in [0.5, 0.6) is 0 Å². The van der Waals surface area contributed by atoms with E-state index in [-0.39, 0.29) is 4.90 Å². The van der Waals surface area contributed by atoms with Crippen molar-refractivity contribution >= 4 is 21.6 Å². The zero-order chi connectivity index (χ0) is 13.6. The molecule has 0 amide bonds. The third-order valence-corrected chi connectivity index (χ3v) is 4.37. The molecule has 1 unspecified atom stereocenters. The first-order chi connectivity index (χ1) is 8.45. The summed E-state index contributed by atoms with van der Waals surface area (Å²) >= 11 is 5.65. The SMILES string of the molecule is CC(CCl)CCCNS(=O)(=O)c1cncc(F)c1. The van der Waals surface area contributed by atoms with Crippen molar-refractivity contribution in [1.29, 1.82) is 0 Å². The van der Waals surface area contributed by atoms with E-state index in [4.69, 9.17) is 11.6 Å². The Labute approximate surface area is 112 Å². The largest absolute Gasteiger partial charge is 0.260 e. The molecule has 0 aliphatic heterocycles. The maximum Gasteiger partial charge on any atom is 0.242 e. The van der Waals surface area contributed by atoms with E-state index in [1.165, 1.54) is 0 Å². The summed E-state index contributed by atoms with van der Waals surface area (Å²) in [5.74, 6) is 0.237. The van der Waals surface area contributed by atoms with Crippen LogP contribution in [0.1, 0.15) is 19.8 Å². The number of sulfonamides is 1. The molecule has 0 spiro atoms. The van der Waals surface area contributed by atoms with Crippen LogP contribution in [0.15, 0.2) is 23.4 Å². The molecule has 1 aromatic heterocycles. The van der Waals surface area contributed by atoms with Crippen molar-refractivity contribution in [2.75, 3.05) is 12.4 Å². The lowest BCUT2D eigenvalue weighted by Gasteiger charge is -2.08. The van der Waals surface area contributed by atoms with E-state index in [0.717, 1.165) is 24.9 Å². The van der Waals surface area contributed by atoms with Crippen molar-refractivity contribution in [3.8, 4) is 0 Å². The highest BCUT2D eigenvalue weighted by atomic mass is 35.5. The first-order valence-electron chi connectivity index (χ1n) is 5.62. The van der Waals surface area contributed by atoms with Gasteiger partial charge in [-0.25, -0.2) is 17.5 Å². The second-order valence-corrected chi connectivity index (χ2v) is 6.21. The number of pyridine rings is 1. The molecule has 0 aliphatic rings. The zero-order valence-corrected chi connectivity index (χ0v) is 11.6. The maximum atomic E-state index is 12.9. The summed E-state index contributed by atoms with van der Waals surface area (Å²) < 4.78 is 38.8. The van der Waals surface area contributed by atoms with E-state index in [1.54, 1.807) is 0 Å². The molecule has 0 aromatic carbocycles. The van der Waals surface area contributed by atoms with Gasteiger partial charge in [0.1, 0.15) is 10.7 Å². The van der Waals surface area contributed by atoms with Gasteiger partial charge in [-0.05, 0) is 24.8 Å². The van der Waals surface area contributed by atoms with Crippen LogP contribution in [-0.2, 0) is 10.0 Å². The van der Waals surface area contributed by atoms with E-state index in [2.05, 4.69) is 9.71 Å². The molecule has 0 bridgehead atoms. The summed E-state index contributed by atoms with van der Waals surface area (Å²) in [6, 6.07) is 0.941. The molecule has 0 aliphatic carbocycles. The second kappa shape index (κ2) is 7.01. The Bertz CT molecular complexity index is 482. The van der Waals surface area contributed by atoms with Gasteiger partial charge in [0.05, 0.1) is 6.20 Å². The van der Waals surface area contributed by atoms with Gasteiger partial charge in [-0.2, -0.15) is 0 Å². The molecular weight excluding hydrogens is 279 g/mol. The van der Waals surface area contributed by atoms with Gasteiger partial charge < -0.3 is 0 Å². The Morgan fingerprint density at radius 1 is 1.50 bits per heavy atom. The Hall–Kier alpha value is -0.720. The average Bonchev–Trinajstić information content (AvgIpc) is 2.34. The average molecular weight is 295 g/mol. The van der Waals surface area contributed by atoms with E-state index in [0.29, 0.717) is 24.8 Å². The summed E-state index contributed by atoms with van der Waals surface area (Å²) in [6.45, 7) is 2.30. The summed E-state index contributed by atoms with van der Waals surface area (Å²) in [5.41, 5.74) is 0. The van der Waals surface area contributed by atoms with Crippen molar-refractivity contribution in [3.63, 3.8) is 0 Å². The first-order valence-corrected chi connectivity index (χ1v) is 7.63. The number of nitrogens with zero attached hydrogens (tertiary/aromatic N) is 1. The van der Waals surface area contributed by atoms with Gasteiger partial charge in [0.15, 0.2) is 0 Å². The van der Waals surface area contributed by atoms with Crippen LogP contribution in [0.25, 0.3) is 0 Å². The van der Waals surface area contributed by atoms with Gasteiger partial charge >= 0.3 is 0 Å². The number of halogens is 2. The molecule has 102 valence electrons. The minimum Gasteiger partial charge on any atom is -0.260 e. The fraction of sp³-hybridized carbons (Fsp3) is 0.545. The second-order valence-electron chi connectivity index (χ2n) is 4.14. The molecular formula is C11H16ClFN2O2S. The molecule has 4 nitrogen and oxygen atoms in total. The molecule has 1 rings (SSSR count). The van der Waals surface area contributed by atoms with Gasteiger partial charge in [0, 0.05) is 18.6 Å². The smallest absolute Gasteiger partial charge is 0.242 e. The summed E-state index contributed by atoms with van der Waals surface area (Å²) in [5, 5.41) is 0. The molecule has 0 saturated carbocycles. The van der Waals surface area contributed by atoms with Gasteiger partial charge in [0.2, 0.25) is 10.0 Å². The highest BCUT2D eigenvalue weighted by molar-refractivity contribution is 7.89. The third-order valence-electron chi connectivity index (χ3n) is 2.42. The molecule has 0 fully saturated rings. The van der Waals surface area contributed by atoms with Crippen molar-refractivity contribution in [1.82, 2.24) is 9.71 Å². The van der Waals surface area contributed by atoms with Crippen LogP contribution in [0.4, 0.5) is 4.39 Å². The van der Waals surface area contributed by atoms with Crippen LogP contribution in [0, 0.1) is 11.7 Å². The minimum absolute atomic E-state index is 0.159. The molecule has 18 heavy (non-hydrogen) atoms. The number of nitrogens with one attached hydrogen (secondary N) is 1. The lowest BCUT2D eigenvalue weighted by molar-refractivity contribution is 0.542. The van der Waals surface area contributed by atoms with Crippen LogP contribution in [-0.4, -0.2) is 25.8 Å². The summed E-state index contributed by atoms with van der Waals surface area (Å²) in [7, 11) is -3.67. The maximum absolute atomic E-state index is 12.9. The van der Waals surface area contributed by atoms with E-state index in [1.807, 2.05) is 6.92 Å². The van der Waals surface area contributed by atoms with E-state index < -0.39 is 15.8 Å². The standard InChI is InChI=1S/C11H16ClFN2O2S/c1-9(6-12)3-2-4-15-18(16,17)11-5-10(13)7-14-8-11/h5,7-9,15H,2-4,6H2,1H3. The van der Waals surface area contributed by atoms with Crippen LogP contribution in [0.2, 0.25) is 0 Å². The molecule has 1 atom stereocenters. The molecule has 1 aromatic rings. The highest BCUT2D eigenvalue weighted by Crippen LogP contribution is 2.10. The Balaban J connectivity index is 2.51. The zero-order valence-electron chi connectivity index (χ0n) is 10.1. The monoisotopic (exact) mass is 294 g/mol. The topological polar surface area (TPSA) is 59.1 Å². The quantitative estimate of drug-likeness (QED) is 0.619. The van der Waals surface area contributed by atoms with Gasteiger partial charge in [-0.15, -0.1) is 11.6 Å². The number of aromatic nitrogens is 1. The highest BCUT2D eigenvalue weighted by Gasteiger charge is 2.14. The van der Waals surface area contributed by atoms with Crippen molar-refractivity contribution < 1.29 is 12.8 Å². The van der Waals surface area contributed by atoms with E-state index in [9.17, 15) is 12.8 Å². The fourth-order valence-electron chi connectivity index (χ4n) is 1.36. The van der Waals surface area contributed by atoms with Crippen LogP contribution >= 0.6 is 11.6 Å². The molecule has 1 N–H and O–H groups in total. The van der Waals surface area contributed by atoms with Gasteiger partial charge in [0.25, 0.3) is 0 Å². The number of alkyl halides is 1. The number of rotatable bonds is 7. The third kappa shape index (κ3) is 4.88. The molecule has 0 radical (unpaired) electrons. The van der Waals surface area contributed by atoms with Gasteiger partial charge in [-0.3, -0.25) is 4.98 Å². The van der Waals surface area contributed by atoms with Crippen LogP contribution in [0.3, 0.4) is 0 Å². The van der Waals surface area contributed by atoms with Crippen LogP contribution < -0.4 is 4.72 Å². The predicted molar refractivity (Wildman–Crippen MR) is 68.5 cm³/mol. The molecule has 7 heteroatoms. The van der Waals surface area contributed by atoms with Crippen molar-refractivity contribution in [2.45, 2.75) is 24.7 Å². The Morgan fingerprint density at radius 2 is 2.22 bits per heavy atom. The first kappa shape index (κ1) is 15.3. The molecule has 0 saturated heterocycles. The summed E-state index contributed by atoms with van der Waals surface area (Å²) in [6.07, 6.45) is 3.61. The number of hydrogen-bond acceptors (Lipinski definition) is 3. The normalized spacial score (nSPS) is 13.5. The van der Waals surface area contributed by atoms with Crippen molar-refractivity contribution in [3.05, 3.63) is 24.3 Å². The molecule has 1 heterocycles.